The number of halogens is 3. The number of aryl methyl sites for hydroxylation is 1. The van der Waals surface area contributed by atoms with Gasteiger partial charge in [0.05, 0.1) is 0 Å². The van der Waals surface area contributed by atoms with Crippen LogP contribution in [0.5, 0.6) is 0 Å². The van der Waals surface area contributed by atoms with Gasteiger partial charge in [-0.25, -0.2) is 8.78 Å². The van der Waals surface area contributed by atoms with E-state index in [0.29, 0.717) is 4.83 Å². The lowest BCUT2D eigenvalue weighted by Crippen LogP contribution is -2.20. The van der Waals surface area contributed by atoms with Crippen molar-refractivity contribution >= 4 is 15.9 Å². The molecule has 0 bridgehead atoms. The molecular weight excluding hydrogens is 286 g/mol. The van der Waals surface area contributed by atoms with E-state index in [1.54, 1.807) is 6.07 Å². The van der Waals surface area contributed by atoms with E-state index in [1.165, 1.54) is 12.1 Å². The predicted molar refractivity (Wildman–Crippen MR) is 71.5 cm³/mol. The highest BCUT2D eigenvalue weighted by Crippen LogP contribution is 2.30. The zero-order valence-corrected chi connectivity index (χ0v) is 12.2. The summed E-state index contributed by atoms with van der Waals surface area (Å²) in [6.45, 7) is 6.55. The van der Waals surface area contributed by atoms with E-state index in [1.807, 2.05) is 0 Å². The van der Waals surface area contributed by atoms with E-state index >= 15 is 0 Å². The molecule has 1 aromatic rings. The van der Waals surface area contributed by atoms with Crippen molar-refractivity contribution in [2.75, 3.05) is 0 Å². The molecule has 0 amide bonds. The first-order chi connectivity index (χ1) is 7.80. The van der Waals surface area contributed by atoms with Gasteiger partial charge >= 0.3 is 0 Å². The summed E-state index contributed by atoms with van der Waals surface area (Å²) in [5.41, 5.74) is 1.09. The fourth-order valence-electron chi connectivity index (χ4n) is 1.61. The summed E-state index contributed by atoms with van der Waals surface area (Å²) in [4.78, 5) is 0.445. The maximum absolute atomic E-state index is 13.0. The fraction of sp³-hybridized carbons (Fsp3) is 0.571. The van der Waals surface area contributed by atoms with Crippen LogP contribution in [-0.4, -0.2) is 4.83 Å². The van der Waals surface area contributed by atoms with Crippen LogP contribution in [0.3, 0.4) is 0 Å². The highest BCUT2D eigenvalue weighted by Gasteiger charge is 2.20. The quantitative estimate of drug-likeness (QED) is 0.679. The van der Waals surface area contributed by atoms with E-state index in [9.17, 15) is 8.78 Å². The lowest BCUT2D eigenvalue weighted by Gasteiger charge is -2.25. The molecule has 0 nitrogen and oxygen atoms in total. The second kappa shape index (κ2) is 5.94. The molecule has 0 saturated carbocycles. The molecule has 0 spiro atoms. The lowest BCUT2D eigenvalue weighted by atomic mass is 9.89. The molecule has 0 saturated heterocycles. The standard InChI is InChI=1S/C14H19BrF2/c1-14(2,3)13(15)6-4-5-10-7-8-11(16)12(17)9-10/h7-9,13H,4-6H2,1-3H3. The molecule has 0 aliphatic carbocycles. The van der Waals surface area contributed by atoms with E-state index in [4.69, 9.17) is 0 Å². The van der Waals surface area contributed by atoms with Crippen LogP contribution in [0.15, 0.2) is 18.2 Å². The molecule has 0 heterocycles. The Hall–Kier alpha value is -0.440. The van der Waals surface area contributed by atoms with Gasteiger partial charge < -0.3 is 0 Å². The number of benzene rings is 1. The molecule has 0 aliphatic rings. The van der Waals surface area contributed by atoms with Crippen molar-refractivity contribution in [1.82, 2.24) is 0 Å². The van der Waals surface area contributed by atoms with Gasteiger partial charge in [-0.15, -0.1) is 0 Å². The van der Waals surface area contributed by atoms with Gasteiger partial charge in [0.25, 0.3) is 0 Å². The van der Waals surface area contributed by atoms with Crippen molar-refractivity contribution < 1.29 is 8.78 Å². The number of hydrogen-bond acceptors (Lipinski definition) is 0. The Labute approximate surface area is 111 Å². The van der Waals surface area contributed by atoms with Crippen LogP contribution < -0.4 is 0 Å². The molecule has 0 N–H and O–H groups in total. The molecule has 17 heavy (non-hydrogen) atoms. The highest BCUT2D eigenvalue weighted by atomic mass is 79.9. The third-order valence-corrected chi connectivity index (χ3v) is 4.68. The van der Waals surface area contributed by atoms with Gasteiger partial charge in [0.2, 0.25) is 0 Å². The van der Waals surface area contributed by atoms with Crippen LogP contribution in [0.25, 0.3) is 0 Å². The average Bonchev–Trinajstić information content (AvgIpc) is 2.22. The SMILES string of the molecule is CC(C)(C)C(Br)CCCc1ccc(F)c(F)c1. The zero-order valence-electron chi connectivity index (χ0n) is 10.6. The second-order valence-electron chi connectivity index (χ2n) is 5.47. The van der Waals surface area contributed by atoms with Gasteiger partial charge in [0, 0.05) is 4.83 Å². The fourth-order valence-corrected chi connectivity index (χ4v) is 1.94. The minimum absolute atomic E-state index is 0.230. The summed E-state index contributed by atoms with van der Waals surface area (Å²) in [5.74, 6) is -1.53. The van der Waals surface area contributed by atoms with E-state index < -0.39 is 11.6 Å². The third kappa shape index (κ3) is 4.74. The summed E-state index contributed by atoms with van der Waals surface area (Å²) in [5, 5.41) is 0. The molecular formula is C14H19BrF2. The van der Waals surface area contributed by atoms with Crippen molar-refractivity contribution in [3.63, 3.8) is 0 Å². The van der Waals surface area contributed by atoms with Crippen LogP contribution in [0.1, 0.15) is 39.2 Å². The van der Waals surface area contributed by atoms with Crippen LogP contribution in [-0.2, 0) is 6.42 Å². The Morgan fingerprint density at radius 3 is 2.35 bits per heavy atom. The maximum atomic E-state index is 13.0. The summed E-state index contributed by atoms with van der Waals surface area (Å²) in [6.07, 6.45) is 2.79. The van der Waals surface area contributed by atoms with Crippen LogP contribution in [0.4, 0.5) is 8.78 Å². The minimum Gasteiger partial charge on any atom is -0.204 e. The summed E-state index contributed by atoms with van der Waals surface area (Å²) >= 11 is 3.66. The minimum atomic E-state index is -0.776. The van der Waals surface area contributed by atoms with Crippen molar-refractivity contribution in [2.45, 2.75) is 44.9 Å². The van der Waals surface area contributed by atoms with Gasteiger partial charge in [-0.3, -0.25) is 0 Å². The predicted octanol–water partition coefficient (Wildman–Crippen LogP) is 5.10. The monoisotopic (exact) mass is 304 g/mol. The average molecular weight is 305 g/mol. The number of hydrogen-bond donors (Lipinski definition) is 0. The normalized spacial score (nSPS) is 13.8. The summed E-state index contributed by atoms with van der Waals surface area (Å²) < 4.78 is 25.7. The van der Waals surface area contributed by atoms with Gasteiger partial charge in [-0.1, -0.05) is 42.8 Å². The van der Waals surface area contributed by atoms with Gasteiger partial charge in [-0.05, 0) is 42.4 Å². The van der Waals surface area contributed by atoms with E-state index in [2.05, 4.69) is 36.7 Å². The highest BCUT2D eigenvalue weighted by molar-refractivity contribution is 9.09. The zero-order chi connectivity index (χ0) is 13.1. The summed E-state index contributed by atoms with van der Waals surface area (Å²) in [7, 11) is 0. The van der Waals surface area contributed by atoms with Crippen molar-refractivity contribution in [3.8, 4) is 0 Å². The van der Waals surface area contributed by atoms with Crippen LogP contribution >= 0.6 is 15.9 Å². The van der Waals surface area contributed by atoms with Gasteiger partial charge in [0.15, 0.2) is 11.6 Å². The third-order valence-electron chi connectivity index (χ3n) is 2.85. The van der Waals surface area contributed by atoms with Crippen molar-refractivity contribution in [2.24, 2.45) is 5.41 Å². The van der Waals surface area contributed by atoms with Gasteiger partial charge in [-0.2, -0.15) is 0 Å². The largest absolute Gasteiger partial charge is 0.204 e. The Morgan fingerprint density at radius 1 is 1.18 bits per heavy atom. The van der Waals surface area contributed by atoms with Crippen molar-refractivity contribution in [1.29, 1.82) is 0 Å². The first-order valence-electron chi connectivity index (χ1n) is 5.88. The molecule has 1 rings (SSSR count). The molecule has 0 radical (unpaired) electrons. The molecule has 3 heteroatoms. The van der Waals surface area contributed by atoms with Crippen LogP contribution in [0, 0.1) is 17.0 Å². The number of alkyl halides is 1. The van der Waals surface area contributed by atoms with Crippen molar-refractivity contribution in [3.05, 3.63) is 35.4 Å². The van der Waals surface area contributed by atoms with Crippen LogP contribution in [0.2, 0.25) is 0 Å². The Bertz CT molecular complexity index is 369. The Balaban J connectivity index is 2.44. The number of rotatable bonds is 4. The molecule has 96 valence electrons. The molecule has 0 fully saturated rings. The van der Waals surface area contributed by atoms with Gasteiger partial charge in [0.1, 0.15) is 0 Å². The summed E-state index contributed by atoms with van der Waals surface area (Å²) in [6, 6.07) is 4.13. The Kier molecular flexibility index (Phi) is 5.11. The molecule has 0 aliphatic heterocycles. The molecule has 1 aromatic carbocycles. The molecule has 1 atom stereocenters. The Morgan fingerprint density at radius 2 is 1.82 bits per heavy atom. The lowest BCUT2D eigenvalue weighted by molar-refractivity contribution is 0.380. The smallest absolute Gasteiger partial charge is 0.159 e. The maximum Gasteiger partial charge on any atom is 0.159 e. The molecule has 0 aromatic heterocycles. The molecule has 1 unspecified atom stereocenters. The van der Waals surface area contributed by atoms with E-state index in [-0.39, 0.29) is 5.41 Å². The first kappa shape index (κ1) is 14.6. The topological polar surface area (TPSA) is 0 Å². The van der Waals surface area contributed by atoms with E-state index in [0.717, 1.165) is 24.8 Å². The second-order valence-corrected chi connectivity index (χ2v) is 6.58. The first-order valence-corrected chi connectivity index (χ1v) is 6.80.